The molecular formula is C16H17F2NO. The van der Waals surface area contributed by atoms with E-state index in [0.717, 1.165) is 5.56 Å². The summed E-state index contributed by atoms with van der Waals surface area (Å²) in [5.41, 5.74) is 1.73. The Morgan fingerprint density at radius 3 is 2.45 bits per heavy atom. The second-order valence-electron chi connectivity index (χ2n) is 4.87. The standard InChI is InChI=1S/C16H17F2NO/c1-10-6-7-15(20)12(8-10)9-19-11(2)16-13(17)4-3-5-14(16)18/h3-8,11,19-20H,9H2,1-2H3. The van der Waals surface area contributed by atoms with Gasteiger partial charge in [0.1, 0.15) is 17.4 Å². The Morgan fingerprint density at radius 1 is 1.15 bits per heavy atom. The van der Waals surface area contributed by atoms with Gasteiger partial charge in [-0.3, -0.25) is 0 Å². The fraction of sp³-hybridized carbons (Fsp3) is 0.250. The fourth-order valence-electron chi connectivity index (χ4n) is 2.15. The third-order valence-corrected chi connectivity index (χ3v) is 3.27. The van der Waals surface area contributed by atoms with Gasteiger partial charge < -0.3 is 10.4 Å². The van der Waals surface area contributed by atoms with Crippen LogP contribution < -0.4 is 5.32 Å². The molecule has 2 nitrogen and oxygen atoms in total. The van der Waals surface area contributed by atoms with Gasteiger partial charge in [0.2, 0.25) is 0 Å². The van der Waals surface area contributed by atoms with E-state index in [0.29, 0.717) is 12.1 Å². The highest BCUT2D eigenvalue weighted by molar-refractivity contribution is 5.35. The summed E-state index contributed by atoms with van der Waals surface area (Å²) in [6.45, 7) is 3.94. The number of phenolic OH excluding ortho intramolecular Hbond substituents is 1. The number of hydrogen-bond donors (Lipinski definition) is 2. The number of halogens is 2. The summed E-state index contributed by atoms with van der Waals surface area (Å²) in [7, 11) is 0. The summed E-state index contributed by atoms with van der Waals surface area (Å²) in [5, 5.41) is 12.8. The molecule has 0 aliphatic heterocycles. The summed E-state index contributed by atoms with van der Waals surface area (Å²) in [4.78, 5) is 0. The van der Waals surface area contributed by atoms with E-state index in [-0.39, 0.29) is 11.3 Å². The van der Waals surface area contributed by atoms with Gasteiger partial charge in [0.05, 0.1) is 0 Å². The van der Waals surface area contributed by atoms with Crippen molar-refractivity contribution in [1.29, 1.82) is 0 Å². The second kappa shape index (κ2) is 6.01. The van der Waals surface area contributed by atoms with Gasteiger partial charge in [-0.2, -0.15) is 0 Å². The molecular weight excluding hydrogens is 260 g/mol. The number of hydrogen-bond acceptors (Lipinski definition) is 2. The summed E-state index contributed by atoms with van der Waals surface area (Å²) < 4.78 is 27.3. The number of benzene rings is 2. The van der Waals surface area contributed by atoms with E-state index >= 15 is 0 Å². The first kappa shape index (κ1) is 14.5. The van der Waals surface area contributed by atoms with Crippen LogP contribution in [0.15, 0.2) is 36.4 Å². The molecule has 0 saturated carbocycles. The Hall–Kier alpha value is -1.94. The minimum Gasteiger partial charge on any atom is -0.508 e. The van der Waals surface area contributed by atoms with E-state index in [1.54, 1.807) is 19.1 Å². The minimum absolute atomic E-state index is 0.0136. The predicted molar refractivity (Wildman–Crippen MR) is 74.5 cm³/mol. The molecule has 2 aromatic carbocycles. The van der Waals surface area contributed by atoms with Gasteiger partial charge >= 0.3 is 0 Å². The molecule has 0 fully saturated rings. The highest BCUT2D eigenvalue weighted by Crippen LogP contribution is 2.22. The minimum atomic E-state index is -0.571. The Labute approximate surface area is 117 Å². The van der Waals surface area contributed by atoms with Crippen molar-refractivity contribution in [2.24, 2.45) is 0 Å². The maximum absolute atomic E-state index is 13.6. The Morgan fingerprint density at radius 2 is 1.80 bits per heavy atom. The lowest BCUT2D eigenvalue weighted by atomic mass is 10.1. The highest BCUT2D eigenvalue weighted by atomic mass is 19.1. The molecule has 1 unspecified atom stereocenters. The van der Waals surface area contributed by atoms with Crippen LogP contribution in [-0.4, -0.2) is 5.11 Å². The zero-order valence-electron chi connectivity index (χ0n) is 11.5. The van der Waals surface area contributed by atoms with E-state index in [1.165, 1.54) is 18.2 Å². The van der Waals surface area contributed by atoms with Gasteiger partial charge in [-0.25, -0.2) is 8.78 Å². The fourth-order valence-corrected chi connectivity index (χ4v) is 2.15. The third kappa shape index (κ3) is 3.14. The average Bonchev–Trinajstić information content (AvgIpc) is 2.39. The topological polar surface area (TPSA) is 32.3 Å². The molecule has 0 bridgehead atoms. The molecule has 4 heteroatoms. The van der Waals surface area contributed by atoms with Crippen LogP contribution in [0, 0.1) is 18.6 Å². The van der Waals surface area contributed by atoms with Crippen molar-refractivity contribution in [2.75, 3.05) is 0 Å². The number of aryl methyl sites for hydroxylation is 1. The molecule has 1 atom stereocenters. The first-order valence-corrected chi connectivity index (χ1v) is 6.45. The number of phenols is 1. The highest BCUT2D eigenvalue weighted by Gasteiger charge is 2.15. The molecule has 2 N–H and O–H groups in total. The lowest BCUT2D eigenvalue weighted by molar-refractivity contribution is 0.453. The summed E-state index contributed by atoms with van der Waals surface area (Å²) >= 11 is 0. The van der Waals surface area contributed by atoms with Crippen molar-refractivity contribution in [1.82, 2.24) is 5.32 Å². The van der Waals surface area contributed by atoms with Crippen molar-refractivity contribution in [3.05, 3.63) is 64.7 Å². The lowest BCUT2D eigenvalue weighted by Crippen LogP contribution is -2.20. The Kier molecular flexibility index (Phi) is 4.35. The van der Waals surface area contributed by atoms with Gasteiger partial charge in [-0.1, -0.05) is 23.8 Å². The van der Waals surface area contributed by atoms with Crippen molar-refractivity contribution in [3.63, 3.8) is 0 Å². The molecule has 0 saturated heterocycles. The SMILES string of the molecule is Cc1ccc(O)c(CNC(C)c2c(F)cccc2F)c1. The van der Waals surface area contributed by atoms with Crippen LogP contribution in [0.3, 0.4) is 0 Å². The molecule has 0 spiro atoms. The van der Waals surface area contributed by atoms with Gasteiger partial charge in [0.15, 0.2) is 0 Å². The molecule has 0 heterocycles. The van der Waals surface area contributed by atoms with Crippen molar-refractivity contribution >= 4 is 0 Å². The molecule has 20 heavy (non-hydrogen) atoms. The molecule has 106 valence electrons. The van der Waals surface area contributed by atoms with Crippen molar-refractivity contribution in [2.45, 2.75) is 26.4 Å². The summed E-state index contributed by atoms with van der Waals surface area (Å²) in [6.07, 6.45) is 0. The van der Waals surface area contributed by atoms with Crippen molar-refractivity contribution < 1.29 is 13.9 Å². The molecule has 2 rings (SSSR count). The van der Waals surface area contributed by atoms with Gasteiger partial charge in [-0.05, 0) is 32.0 Å². The van der Waals surface area contributed by atoms with Crippen LogP contribution in [0.4, 0.5) is 8.78 Å². The molecule has 2 aromatic rings. The zero-order chi connectivity index (χ0) is 14.7. The largest absolute Gasteiger partial charge is 0.508 e. The van der Waals surface area contributed by atoms with Crippen molar-refractivity contribution in [3.8, 4) is 5.75 Å². The van der Waals surface area contributed by atoms with Crippen LogP contribution in [0.25, 0.3) is 0 Å². The zero-order valence-corrected chi connectivity index (χ0v) is 11.5. The van der Waals surface area contributed by atoms with E-state index in [9.17, 15) is 13.9 Å². The van der Waals surface area contributed by atoms with Gasteiger partial charge in [0.25, 0.3) is 0 Å². The van der Waals surface area contributed by atoms with Gasteiger partial charge in [0, 0.05) is 23.7 Å². The maximum Gasteiger partial charge on any atom is 0.130 e. The van der Waals surface area contributed by atoms with Crippen LogP contribution >= 0.6 is 0 Å². The maximum atomic E-state index is 13.6. The van der Waals surface area contributed by atoms with E-state index < -0.39 is 17.7 Å². The molecule has 0 aromatic heterocycles. The van der Waals surface area contributed by atoms with Gasteiger partial charge in [-0.15, -0.1) is 0 Å². The smallest absolute Gasteiger partial charge is 0.130 e. The molecule has 0 aliphatic rings. The first-order chi connectivity index (χ1) is 9.49. The first-order valence-electron chi connectivity index (χ1n) is 6.45. The summed E-state index contributed by atoms with van der Waals surface area (Å²) in [6, 6.07) is 8.58. The number of nitrogens with one attached hydrogen (secondary N) is 1. The van der Waals surface area contributed by atoms with Crippen LogP contribution in [0.5, 0.6) is 5.75 Å². The molecule has 0 radical (unpaired) electrons. The van der Waals surface area contributed by atoms with Crippen LogP contribution in [-0.2, 0) is 6.54 Å². The van der Waals surface area contributed by atoms with Crippen LogP contribution in [0.1, 0.15) is 29.7 Å². The van der Waals surface area contributed by atoms with Crippen LogP contribution in [0.2, 0.25) is 0 Å². The monoisotopic (exact) mass is 277 g/mol. The number of aromatic hydroxyl groups is 1. The van der Waals surface area contributed by atoms with E-state index in [1.807, 2.05) is 13.0 Å². The summed E-state index contributed by atoms with van der Waals surface area (Å²) in [5.74, 6) is -0.971. The number of rotatable bonds is 4. The second-order valence-corrected chi connectivity index (χ2v) is 4.87. The predicted octanol–water partition coefficient (Wildman–Crippen LogP) is 3.83. The average molecular weight is 277 g/mol. The quantitative estimate of drug-likeness (QED) is 0.890. The van der Waals surface area contributed by atoms with E-state index in [2.05, 4.69) is 5.32 Å². The lowest BCUT2D eigenvalue weighted by Gasteiger charge is -2.16. The molecule has 0 amide bonds. The normalized spacial score (nSPS) is 12.4. The Bertz CT molecular complexity index is 593. The Balaban J connectivity index is 2.13. The third-order valence-electron chi connectivity index (χ3n) is 3.27. The van der Waals surface area contributed by atoms with E-state index in [4.69, 9.17) is 0 Å². The molecule has 0 aliphatic carbocycles.